The van der Waals surface area contributed by atoms with E-state index in [0.29, 0.717) is 5.56 Å². The van der Waals surface area contributed by atoms with Gasteiger partial charge in [0.1, 0.15) is 5.69 Å². The van der Waals surface area contributed by atoms with Crippen LogP contribution in [0.1, 0.15) is 5.56 Å². The number of nitrogens with one attached hydrogen (secondary N) is 1. The van der Waals surface area contributed by atoms with Crippen molar-refractivity contribution in [3.05, 3.63) is 70.9 Å². The second kappa shape index (κ2) is 7.11. The van der Waals surface area contributed by atoms with Crippen molar-refractivity contribution < 1.29 is 13.2 Å². The average molecular weight is 438 g/mol. The highest BCUT2D eigenvalue weighted by molar-refractivity contribution is 5.93. The Balaban J connectivity index is 1.78. The molecule has 1 N–H and O–H groups in total. The van der Waals surface area contributed by atoms with Gasteiger partial charge in [0.15, 0.2) is 11.5 Å². The van der Waals surface area contributed by atoms with Gasteiger partial charge >= 0.3 is 6.18 Å². The zero-order valence-corrected chi connectivity index (χ0v) is 16.4. The molecule has 0 saturated heterocycles. The van der Waals surface area contributed by atoms with Crippen LogP contribution in [0.5, 0.6) is 0 Å². The molecular weight excluding hydrogens is 425 g/mol. The Bertz CT molecular complexity index is 1540. The second-order valence-corrected chi connectivity index (χ2v) is 6.91. The molecule has 0 amide bonds. The summed E-state index contributed by atoms with van der Waals surface area (Å²) in [6.45, 7) is 0. The van der Waals surface area contributed by atoms with Crippen molar-refractivity contribution in [2.24, 2.45) is 7.05 Å². The van der Waals surface area contributed by atoms with Crippen LogP contribution in [-0.4, -0.2) is 34.3 Å². The molecule has 0 unspecified atom stereocenters. The maximum atomic E-state index is 13.3. The minimum Gasteiger partial charge on any atom is -0.319 e. The SMILES string of the molecule is Cn1cc(-c2nc3c4cc(C(F)(F)F)ccc4nc(Nc4ccccnc4=O)n3n2)cn1. The van der Waals surface area contributed by atoms with E-state index in [0.717, 1.165) is 12.1 Å². The van der Waals surface area contributed by atoms with Gasteiger partial charge in [-0.2, -0.15) is 22.8 Å². The zero-order chi connectivity index (χ0) is 22.5. The fourth-order valence-electron chi connectivity index (χ4n) is 3.19. The Morgan fingerprint density at radius 3 is 2.69 bits per heavy atom. The number of halogens is 3. The monoisotopic (exact) mass is 438 g/mol. The minimum atomic E-state index is -4.53. The molecule has 0 aliphatic heterocycles. The van der Waals surface area contributed by atoms with Crippen LogP contribution in [-0.2, 0) is 13.2 Å². The number of rotatable bonds is 3. The molecule has 32 heavy (non-hydrogen) atoms. The van der Waals surface area contributed by atoms with E-state index in [2.05, 4.69) is 30.5 Å². The number of alkyl halides is 3. The van der Waals surface area contributed by atoms with E-state index in [1.807, 2.05) is 0 Å². The van der Waals surface area contributed by atoms with E-state index in [-0.39, 0.29) is 34.0 Å². The van der Waals surface area contributed by atoms with Crippen molar-refractivity contribution >= 4 is 28.2 Å². The summed E-state index contributed by atoms with van der Waals surface area (Å²) in [5.74, 6) is 0.340. The average Bonchev–Trinajstić information content (AvgIpc) is 3.33. The molecule has 0 spiro atoms. The molecule has 4 heterocycles. The molecule has 0 bridgehead atoms. The van der Waals surface area contributed by atoms with Crippen LogP contribution in [0, 0.1) is 0 Å². The van der Waals surface area contributed by atoms with Gasteiger partial charge < -0.3 is 5.32 Å². The van der Waals surface area contributed by atoms with Crippen molar-refractivity contribution in [3.63, 3.8) is 0 Å². The standard InChI is InChI=1S/C20H13F3N8O/c1-30-10-11(9-25-30)16-28-17-13-8-12(20(21,22)23)5-6-14(13)26-19(31(17)29-16)27-15-4-2-3-7-24-18(15)32/h2-10H,1H3,(H,24,26,27,32). The van der Waals surface area contributed by atoms with Gasteiger partial charge in [-0.25, -0.2) is 15.0 Å². The van der Waals surface area contributed by atoms with E-state index < -0.39 is 17.3 Å². The molecule has 0 aliphatic carbocycles. The predicted molar refractivity (Wildman–Crippen MR) is 109 cm³/mol. The summed E-state index contributed by atoms with van der Waals surface area (Å²) in [5.41, 5.74) is -0.290. The third kappa shape index (κ3) is 3.41. The molecule has 1 aromatic carbocycles. The van der Waals surface area contributed by atoms with Crippen molar-refractivity contribution in [2.45, 2.75) is 6.18 Å². The molecule has 0 atom stereocenters. The van der Waals surface area contributed by atoms with Gasteiger partial charge in [0.25, 0.3) is 5.56 Å². The lowest BCUT2D eigenvalue weighted by molar-refractivity contribution is -0.137. The lowest BCUT2D eigenvalue weighted by Crippen LogP contribution is -2.12. The maximum Gasteiger partial charge on any atom is 0.416 e. The summed E-state index contributed by atoms with van der Waals surface area (Å²) in [5, 5.41) is 11.5. The third-order valence-electron chi connectivity index (χ3n) is 4.69. The number of aryl methyl sites for hydroxylation is 1. The topological polar surface area (TPSA) is 103 Å². The van der Waals surface area contributed by atoms with E-state index in [4.69, 9.17) is 0 Å². The van der Waals surface area contributed by atoms with E-state index >= 15 is 0 Å². The van der Waals surface area contributed by atoms with Gasteiger partial charge in [-0.3, -0.25) is 9.48 Å². The largest absolute Gasteiger partial charge is 0.416 e. The smallest absolute Gasteiger partial charge is 0.319 e. The summed E-state index contributed by atoms with van der Waals surface area (Å²) in [4.78, 5) is 24.8. The van der Waals surface area contributed by atoms with Crippen molar-refractivity contribution in [1.29, 1.82) is 0 Å². The third-order valence-corrected chi connectivity index (χ3v) is 4.69. The molecule has 5 rings (SSSR count). The highest BCUT2D eigenvalue weighted by Crippen LogP contribution is 2.33. The number of benzene rings is 1. The van der Waals surface area contributed by atoms with Crippen LogP contribution in [0.25, 0.3) is 27.9 Å². The normalized spacial score (nSPS) is 11.9. The first kappa shape index (κ1) is 19.6. The van der Waals surface area contributed by atoms with Crippen molar-refractivity contribution in [1.82, 2.24) is 34.3 Å². The maximum absolute atomic E-state index is 13.3. The first-order chi connectivity index (χ1) is 15.3. The highest BCUT2D eigenvalue weighted by atomic mass is 19.4. The predicted octanol–water partition coefficient (Wildman–Crippen LogP) is 3.20. The summed E-state index contributed by atoms with van der Waals surface area (Å²) in [6.07, 6.45) is 0.0345. The highest BCUT2D eigenvalue weighted by Gasteiger charge is 2.31. The number of aromatic nitrogens is 7. The van der Waals surface area contributed by atoms with Gasteiger partial charge in [0, 0.05) is 24.8 Å². The first-order valence-corrected chi connectivity index (χ1v) is 9.29. The van der Waals surface area contributed by atoms with Gasteiger partial charge in [0.2, 0.25) is 5.95 Å². The summed E-state index contributed by atoms with van der Waals surface area (Å²) in [6, 6.07) is 7.89. The van der Waals surface area contributed by atoms with Crippen molar-refractivity contribution in [3.8, 4) is 11.4 Å². The Kier molecular flexibility index (Phi) is 4.36. The number of fused-ring (bicyclic) bond motifs is 3. The Morgan fingerprint density at radius 2 is 1.94 bits per heavy atom. The molecule has 4 aromatic heterocycles. The van der Waals surface area contributed by atoms with Crippen LogP contribution in [0.3, 0.4) is 0 Å². The summed E-state index contributed by atoms with van der Waals surface area (Å²) in [7, 11) is 1.72. The molecule has 160 valence electrons. The van der Waals surface area contributed by atoms with Gasteiger partial charge in [-0.1, -0.05) is 6.07 Å². The van der Waals surface area contributed by atoms with Crippen LogP contribution in [0.15, 0.2) is 59.8 Å². The quantitative estimate of drug-likeness (QED) is 0.461. The molecule has 0 fully saturated rings. The van der Waals surface area contributed by atoms with Crippen LogP contribution >= 0.6 is 0 Å². The Hall–Kier alpha value is -4.35. The lowest BCUT2D eigenvalue weighted by atomic mass is 10.1. The van der Waals surface area contributed by atoms with E-state index in [1.165, 1.54) is 29.0 Å². The molecule has 5 aromatic rings. The number of hydrogen-bond donors (Lipinski definition) is 1. The fourth-order valence-corrected chi connectivity index (χ4v) is 3.19. The molecular formula is C20H13F3N8O. The first-order valence-electron chi connectivity index (χ1n) is 9.29. The molecule has 9 nitrogen and oxygen atoms in total. The lowest BCUT2D eigenvalue weighted by Gasteiger charge is -2.10. The fraction of sp³-hybridized carbons (Fsp3) is 0.100. The van der Waals surface area contributed by atoms with E-state index in [1.54, 1.807) is 30.1 Å². The van der Waals surface area contributed by atoms with Crippen molar-refractivity contribution in [2.75, 3.05) is 5.32 Å². The van der Waals surface area contributed by atoms with Crippen LogP contribution in [0.2, 0.25) is 0 Å². The Labute approximate surface area is 177 Å². The number of hydrogen-bond acceptors (Lipinski definition) is 7. The van der Waals surface area contributed by atoms with Gasteiger partial charge in [-0.15, -0.1) is 5.10 Å². The molecule has 0 radical (unpaired) electrons. The Morgan fingerprint density at radius 1 is 1.09 bits per heavy atom. The number of anilines is 2. The van der Waals surface area contributed by atoms with E-state index in [9.17, 15) is 18.0 Å². The summed E-state index contributed by atoms with van der Waals surface area (Å²) >= 11 is 0. The molecule has 0 saturated carbocycles. The number of nitrogens with zero attached hydrogens (tertiary/aromatic N) is 7. The van der Waals surface area contributed by atoms with Crippen LogP contribution < -0.4 is 10.9 Å². The van der Waals surface area contributed by atoms with Gasteiger partial charge in [0.05, 0.1) is 22.8 Å². The zero-order valence-electron chi connectivity index (χ0n) is 16.4. The molecule has 12 heteroatoms. The minimum absolute atomic E-state index is 0.0972. The van der Waals surface area contributed by atoms with Crippen LogP contribution in [0.4, 0.5) is 24.8 Å². The second-order valence-electron chi connectivity index (χ2n) is 6.91. The molecule has 0 aliphatic rings. The van der Waals surface area contributed by atoms with Gasteiger partial charge in [-0.05, 0) is 30.3 Å². The summed E-state index contributed by atoms with van der Waals surface area (Å²) < 4.78 is 42.7.